The van der Waals surface area contributed by atoms with Crippen LogP contribution in [0.5, 0.6) is 5.75 Å². The average molecular weight is 406 g/mol. The molecule has 0 amide bonds. The van der Waals surface area contributed by atoms with Gasteiger partial charge in [-0.3, -0.25) is 0 Å². The van der Waals surface area contributed by atoms with Crippen molar-refractivity contribution in [1.29, 1.82) is 0 Å². The van der Waals surface area contributed by atoms with E-state index in [4.69, 9.17) is 13.9 Å². The van der Waals surface area contributed by atoms with Crippen LogP contribution in [0.3, 0.4) is 0 Å². The first-order chi connectivity index (χ1) is 14.6. The van der Waals surface area contributed by atoms with Crippen LogP contribution in [0.2, 0.25) is 0 Å². The molecule has 3 rings (SSSR count). The lowest BCUT2D eigenvalue weighted by atomic mass is 10.0. The van der Waals surface area contributed by atoms with E-state index in [1.54, 1.807) is 13.2 Å². The number of aliphatic carboxylic acids is 1. The second kappa shape index (κ2) is 10.5. The lowest BCUT2D eigenvalue weighted by Crippen LogP contribution is -2.26. The van der Waals surface area contributed by atoms with E-state index in [1.165, 1.54) is 0 Å². The molecule has 1 heterocycles. The average Bonchev–Trinajstić information content (AvgIpc) is 3.29. The first kappa shape index (κ1) is 21.4. The zero-order chi connectivity index (χ0) is 21.3. The normalized spacial score (nSPS) is 12.5. The summed E-state index contributed by atoms with van der Waals surface area (Å²) in [7, 11) is 0. The quantitative estimate of drug-likeness (QED) is 0.484. The van der Waals surface area contributed by atoms with E-state index in [0.29, 0.717) is 19.6 Å². The van der Waals surface area contributed by atoms with Crippen molar-refractivity contribution in [3.63, 3.8) is 0 Å². The molecule has 0 bridgehead atoms. The van der Waals surface area contributed by atoms with E-state index in [2.05, 4.69) is 12.1 Å². The highest BCUT2D eigenvalue weighted by molar-refractivity contribution is 5.72. The summed E-state index contributed by atoms with van der Waals surface area (Å²) in [5.74, 6) is 0.639. The molecule has 0 aliphatic rings. The summed E-state index contributed by atoms with van der Waals surface area (Å²) >= 11 is 0. The van der Waals surface area contributed by atoms with Gasteiger partial charge in [0.1, 0.15) is 18.1 Å². The molecule has 1 unspecified atom stereocenters. The third kappa shape index (κ3) is 5.84. The lowest BCUT2D eigenvalue weighted by Gasteiger charge is -2.12. The van der Waals surface area contributed by atoms with Crippen LogP contribution in [0.15, 0.2) is 77.4 Å². The first-order valence-corrected chi connectivity index (χ1v) is 9.94. The van der Waals surface area contributed by atoms with Crippen molar-refractivity contribution in [2.45, 2.75) is 26.4 Å². The van der Waals surface area contributed by atoms with E-state index in [0.717, 1.165) is 33.8 Å². The van der Waals surface area contributed by atoms with Crippen molar-refractivity contribution in [2.24, 2.45) is 0 Å². The minimum Gasteiger partial charge on any atom is -0.490 e. The second-order valence-corrected chi connectivity index (χ2v) is 6.88. The summed E-state index contributed by atoms with van der Waals surface area (Å²) < 4.78 is 16.5. The fourth-order valence-corrected chi connectivity index (χ4v) is 3.08. The summed E-state index contributed by atoms with van der Waals surface area (Å²) in [6, 6.07) is 19.5. The zero-order valence-electron chi connectivity index (χ0n) is 17.2. The van der Waals surface area contributed by atoms with E-state index >= 15 is 0 Å². The summed E-state index contributed by atoms with van der Waals surface area (Å²) in [4.78, 5) is 11.2. The minimum atomic E-state index is -0.949. The van der Waals surface area contributed by atoms with E-state index in [-0.39, 0.29) is 0 Å². The van der Waals surface area contributed by atoms with Crippen LogP contribution < -0.4 is 4.74 Å². The Bertz CT molecular complexity index is 954. The molecule has 2 aromatic carbocycles. The SMILES string of the molecule is CCOC(Cc1ccc(OC/C=C(/C)c2ccc(-c3ccco3)cc2)cc1)C(=O)O. The number of carboxylic acid groups (broad SMARTS) is 1. The van der Waals surface area contributed by atoms with Gasteiger partial charge < -0.3 is 19.0 Å². The van der Waals surface area contributed by atoms with Crippen molar-refractivity contribution in [3.8, 4) is 17.1 Å². The van der Waals surface area contributed by atoms with Gasteiger partial charge in [-0.15, -0.1) is 0 Å². The van der Waals surface area contributed by atoms with Gasteiger partial charge in [0, 0.05) is 18.6 Å². The van der Waals surface area contributed by atoms with E-state index in [9.17, 15) is 9.90 Å². The summed E-state index contributed by atoms with van der Waals surface area (Å²) in [5, 5.41) is 9.18. The highest BCUT2D eigenvalue weighted by Crippen LogP contribution is 2.23. The van der Waals surface area contributed by atoms with Crippen molar-refractivity contribution in [1.82, 2.24) is 0 Å². The number of hydrogen-bond acceptors (Lipinski definition) is 4. The van der Waals surface area contributed by atoms with Crippen LogP contribution in [0.1, 0.15) is 25.0 Å². The maximum atomic E-state index is 11.2. The molecule has 1 N–H and O–H groups in total. The van der Waals surface area contributed by atoms with Crippen molar-refractivity contribution in [2.75, 3.05) is 13.2 Å². The Morgan fingerprint density at radius 2 is 1.83 bits per heavy atom. The van der Waals surface area contributed by atoms with Gasteiger partial charge in [-0.1, -0.05) is 36.4 Å². The van der Waals surface area contributed by atoms with Gasteiger partial charge in [-0.25, -0.2) is 4.79 Å². The maximum absolute atomic E-state index is 11.2. The van der Waals surface area contributed by atoms with Crippen LogP contribution >= 0.6 is 0 Å². The Kier molecular flexibility index (Phi) is 7.46. The van der Waals surface area contributed by atoms with Crippen LogP contribution in [-0.4, -0.2) is 30.4 Å². The van der Waals surface area contributed by atoms with Crippen LogP contribution in [0, 0.1) is 0 Å². The van der Waals surface area contributed by atoms with Gasteiger partial charge in [-0.05, 0) is 60.9 Å². The first-order valence-electron chi connectivity index (χ1n) is 9.94. The maximum Gasteiger partial charge on any atom is 0.333 e. The van der Waals surface area contributed by atoms with Gasteiger partial charge in [0.25, 0.3) is 0 Å². The van der Waals surface area contributed by atoms with Gasteiger partial charge in [0.05, 0.1) is 6.26 Å². The molecule has 0 saturated carbocycles. The molecule has 30 heavy (non-hydrogen) atoms. The lowest BCUT2D eigenvalue weighted by molar-refractivity contribution is -0.149. The fraction of sp³-hybridized carbons (Fsp3) is 0.240. The monoisotopic (exact) mass is 406 g/mol. The molecule has 0 radical (unpaired) electrons. The largest absolute Gasteiger partial charge is 0.490 e. The Balaban J connectivity index is 1.53. The molecule has 0 spiro atoms. The van der Waals surface area contributed by atoms with Gasteiger partial charge in [-0.2, -0.15) is 0 Å². The van der Waals surface area contributed by atoms with E-state index < -0.39 is 12.1 Å². The summed E-state index contributed by atoms with van der Waals surface area (Å²) in [6.45, 7) is 4.65. The summed E-state index contributed by atoms with van der Waals surface area (Å²) in [6.07, 6.45) is 3.20. The number of ether oxygens (including phenoxy) is 2. The molecule has 5 nitrogen and oxygen atoms in total. The van der Waals surface area contributed by atoms with Crippen LogP contribution in [0.4, 0.5) is 0 Å². The molecule has 0 aliphatic carbocycles. The van der Waals surface area contributed by atoms with Crippen molar-refractivity contribution >= 4 is 11.5 Å². The van der Waals surface area contributed by atoms with Gasteiger partial charge >= 0.3 is 5.97 Å². The third-order valence-electron chi connectivity index (χ3n) is 4.77. The summed E-state index contributed by atoms with van der Waals surface area (Å²) in [5.41, 5.74) is 4.19. The number of benzene rings is 2. The molecule has 156 valence electrons. The fourth-order valence-electron chi connectivity index (χ4n) is 3.08. The predicted octanol–water partition coefficient (Wildman–Crippen LogP) is 5.46. The molecule has 1 aromatic heterocycles. The minimum absolute atomic E-state index is 0.330. The molecule has 3 aromatic rings. The Hall–Kier alpha value is -3.31. The smallest absolute Gasteiger partial charge is 0.333 e. The molecule has 1 atom stereocenters. The number of hydrogen-bond donors (Lipinski definition) is 1. The molecular weight excluding hydrogens is 380 g/mol. The van der Waals surface area contributed by atoms with Crippen LogP contribution in [0.25, 0.3) is 16.9 Å². The topological polar surface area (TPSA) is 68.9 Å². The molecule has 5 heteroatoms. The van der Waals surface area contributed by atoms with Gasteiger partial charge in [0.15, 0.2) is 6.10 Å². The molecule has 0 saturated heterocycles. The third-order valence-corrected chi connectivity index (χ3v) is 4.77. The molecule has 0 fully saturated rings. The van der Waals surface area contributed by atoms with Crippen molar-refractivity contribution < 1.29 is 23.8 Å². The highest BCUT2D eigenvalue weighted by atomic mass is 16.5. The Labute approximate surface area is 176 Å². The number of carboxylic acids is 1. The molecular formula is C25H26O5. The Morgan fingerprint density at radius 3 is 2.43 bits per heavy atom. The van der Waals surface area contributed by atoms with Crippen molar-refractivity contribution in [3.05, 3.63) is 84.1 Å². The standard InChI is InChI=1S/C25H26O5/c1-3-28-24(25(26)27)17-19-6-12-22(13-7-19)29-16-14-18(2)20-8-10-21(11-9-20)23-5-4-15-30-23/h4-15,24H,3,16-17H2,1-2H3,(H,26,27)/b18-14-. The number of rotatable bonds is 10. The Morgan fingerprint density at radius 1 is 1.10 bits per heavy atom. The highest BCUT2D eigenvalue weighted by Gasteiger charge is 2.17. The zero-order valence-corrected chi connectivity index (χ0v) is 17.2. The molecule has 0 aliphatic heterocycles. The second-order valence-electron chi connectivity index (χ2n) is 6.88. The van der Waals surface area contributed by atoms with E-state index in [1.807, 2.05) is 61.5 Å². The van der Waals surface area contributed by atoms with Gasteiger partial charge in [0.2, 0.25) is 0 Å². The number of allylic oxidation sites excluding steroid dienone is 1. The number of carbonyl (C=O) groups is 1. The number of furan rings is 1. The predicted molar refractivity (Wildman–Crippen MR) is 116 cm³/mol. The van der Waals surface area contributed by atoms with Crippen LogP contribution in [-0.2, 0) is 16.0 Å².